The minimum absolute atomic E-state index is 0.214. The number of H-pyrrole nitrogens is 2. The Balaban J connectivity index is 2.64. The van der Waals surface area contributed by atoms with Crippen molar-refractivity contribution in [2.45, 2.75) is 19.9 Å². The second-order valence-electron chi connectivity index (χ2n) is 4.48. The third kappa shape index (κ3) is 2.68. The first-order valence-corrected chi connectivity index (χ1v) is 7.39. The lowest BCUT2D eigenvalue weighted by atomic mass is 10.1. The van der Waals surface area contributed by atoms with E-state index in [9.17, 15) is 14.7 Å². The molecule has 4 N–H and O–H groups in total. The van der Waals surface area contributed by atoms with Crippen LogP contribution in [0.25, 0.3) is 0 Å². The van der Waals surface area contributed by atoms with Crippen LogP contribution in [0.2, 0.25) is 0 Å². The van der Waals surface area contributed by atoms with Crippen molar-refractivity contribution in [3.8, 4) is 5.88 Å². The van der Waals surface area contributed by atoms with E-state index >= 15 is 0 Å². The Morgan fingerprint density at radius 2 is 2.00 bits per heavy atom. The summed E-state index contributed by atoms with van der Waals surface area (Å²) >= 11 is 1.53. The van der Waals surface area contributed by atoms with E-state index < -0.39 is 11.2 Å². The van der Waals surface area contributed by atoms with Gasteiger partial charge in [-0.2, -0.15) is 0 Å². The first-order valence-electron chi connectivity index (χ1n) is 6.51. The quantitative estimate of drug-likeness (QED) is 0.618. The summed E-state index contributed by atoms with van der Waals surface area (Å²) in [5.41, 5.74) is -1.02. The summed E-state index contributed by atoms with van der Waals surface area (Å²) in [6, 6.07) is 3.56. The Morgan fingerprint density at radius 1 is 1.30 bits per heavy atom. The van der Waals surface area contributed by atoms with Crippen molar-refractivity contribution >= 4 is 11.3 Å². The van der Waals surface area contributed by atoms with E-state index in [1.807, 2.05) is 31.4 Å². The van der Waals surface area contributed by atoms with Crippen molar-refractivity contribution in [3.63, 3.8) is 0 Å². The van der Waals surface area contributed by atoms with Crippen LogP contribution in [-0.2, 0) is 0 Å². The number of aromatic amines is 2. The molecule has 0 radical (unpaired) electrons. The summed E-state index contributed by atoms with van der Waals surface area (Å²) < 4.78 is 0. The summed E-state index contributed by atoms with van der Waals surface area (Å²) in [5, 5.41) is 11.9. The summed E-state index contributed by atoms with van der Waals surface area (Å²) in [4.78, 5) is 29.9. The Labute approximate surface area is 119 Å². The van der Waals surface area contributed by atoms with Gasteiger partial charge in [-0.1, -0.05) is 6.07 Å². The Morgan fingerprint density at radius 3 is 2.50 bits per heavy atom. The molecule has 1 atom stereocenters. The van der Waals surface area contributed by atoms with Crippen molar-refractivity contribution in [2.24, 2.45) is 0 Å². The minimum atomic E-state index is -0.698. The molecule has 0 fully saturated rings. The van der Waals surface area contributed by atoms with Crippen LogP contribution in [0, 0.1) is 0 Å². The van der Waals surface area contributed by atoms with Gasteiger partial charge in [0.2, 0.25) is 5.88 Å². The van der Waals surface area contributed by atoms with Crippen molar-refractivity contribution in [3.05, 3.63) is 48.8 Å². The van der Waals surface area contributed by atoms with E-state index in [2.05, 4.69) is 9.97 Å². The van der Waals surface area contributed by atoms with Gasteiger partial charge in [0, 0.05) is 0 Å². The molecule has 2 aromatic rings. The number of aromatic hydroxyl groups is 1. The fourth-order valence-electron chi connectivity index (χ4n) is 2.41. The van der Waals surface area contributed by atoms with Crippen LogP contribution in [0.5, 0.6) is 5.88 Å². The van der Waals surface area contributed by atoms with Crippen LogP contribution in [0.4, 0.5) is 0 Å². The maximum absolute atomic E-state index is 12.1. The number of hydrogen-bond donors (Lipinski definition) is 4. The molecular weight excluding hydrogens is 278 g/mol. The average Bonchev–Trinajstić information content (AvgIpc) is 2.90. The molecule has 0 amide bonds. The first-order chi connectivity index (χ1) is 9.58. The van der Waals surface area contributed by atoms with Crippen LogP contribution < -0.4 is 16.1 Å². The van der Waals surface area contributed by atoms with Crippen LogP contribution in [0.3, 0.4) is 0 Å². The van der Waals surface area contributed by atoms with E-state index in [0.717, 1.165) is 22.9 Å². The number of rotatable bonds is 5. The van der Waals surface area contributed by atoms with Crippen LogP contribution in [0.15, 0.2) is 27.1 Å². The first kappa shape index (κ1) is 14.5. The lowest BCUT2D eigenvalue weighted by molar-refractivity contribution is -0.922. The summed E-state index contributed by atoms with van der Waals surface area (Å²) in [7, 11) is 0. The zero-order valence-corrected chi connectivity index (χ0v) is 12.2. The average molecular weight is 296 g/mol. The van der Waals surface area contributed by atoms with Crippen molar-refractivity contribution in [1.82, 2.24) is 9.97 Å². The minimum Gasteiger partial charge on any atom is -0.494 e. The van der Waals surface area contributed by atoms with Crippen LogP contribution in [-0.4, -0.2) is 28.2 Å². The van der Waals surface area contributed by atoms with Gasteiger partial charge in [0.25, 0.3) is 5.56 Å². The van der Waals surface area contributed by atoms with Gasteiger partial charge < -0.3 is 10.0 Å². The zero-order chi connectivity index (χ0) is 14.7. The van der Waals surface area contributed by atoms with Gasteiger partial charge in [-0.15, -0.1) is 11.3 Å². The van der Waals surface area contributed by atoms with E-state index in [1.165, 1.54) is 11.3 Å². The summed E-state index contributed by atoms with van der Waals surface area (Å²) in [6.07, 6.45) is 0. The van der Waals surface area contributed by atoms with Crippen LogP contribution in [0.1, 0.15) is 30.3 Å². The van der Waals surface area contributed by atoms with Crippen molar-refractivity contribution in [2.75, 3.05) is 13.1 Å². The predicted octanol–water partition coefficient (Wildman–Crippen LogP) is -0.156. The highest BCUT2D eigenvalue weighted by Gasteiger charge is 2.31. The lowest BCUT2D eigenvalue weighted by Gasteiger charge is -2.25. The van der Waals surface area contributed by atoms with Gasteiger partial charge >= 0.3 is 5.69 Å². The Kier molecular flexibility index (Phi) is 4.41. The van der Waals surface area contributed by atoms with Gasteiger partial charge in [0.05, 0.1) is 18.0 Å². The highest BCUT2D eigenvalue weighted by molar-refractivity contribution is 7.10. The second-order valence-corrected chi connectivity index (χ2v) is 5.46. The number of hydrogen-bond acceptors (Lipinski definition) is 4. The van der Waals surface area contributed by atoms with Gasteiger partial charge in [-0.3, -0.25) is 14.8 Å². The largest absolute Gasteiger partial charge is 0.494 e. The van der Waals surface area contributed by atoms with E-state index in [1.54, 1.807) is 0 Å². The monoisotopic (exact) mass is 296 g/mol. The SMILES string of the molecule is CC[NH+](CC)C(c1cccs1)c1c(O)[nH]c(=O)[nH]c1=O. The molecule has 0 aromatic carbocycles. The molecule has 0 aliphatic carbocycles. The van der Waals surface area contributed by atoms with Crippen molar-refractivity contribution in [1.29, 1.82) is 0 Å². The molecule has 7 heteroatoms. The molecule has 0 aliphatic heterocycles. The van der Waals surface area contributed by atoms with Gasteiger partial charge in [0.1, 0.15) is 5.56 Å². The Bertz CT molecular complexity index is 671. The maximum Gasteiger partial charge on any atom is 0.328 e. The van der Waals surface area contributed by atoms with E-state index in [-0.39, 0.29) is 17.5 Å². The molecular formula is C13H18N3O3S+. The molecule has 20 heavy (non-hydrogen) atoms. The second kappa shape index (κ2) is 6.06. The molecule has 0 aliphatic rings. The molecule has 2 heterocycles. The van der Waals surface area contributed by atoms with E-state index in [4.69, 9.17) is 0 Å². The normalized spacial score (nSPS) is 12.8. The predicted molar refractivity (Wildman–Crippen MR) is 77.6 cm³/mol. The highest BCUT2D eigenvalue weighted by atomic mass is 32.1. The fourth-order valence-corrected chi connectivity index (χ4v) is 3.31. The molecule has 2 rings (SSSR count). The van der Waals surface area contributed by atoms with Gasteiger partial charge in [-0.05, 0) is 25.3 Å². The van der Waals surface area contributed by atoms with Crippen molar-refractivity contribution < 1.29 is 10.0 Å². The molecule has 2 aromatic heterocycles. The third-order valence-corrected chi connectivity index (χ3v) is 4.33. The summed E-state index contributed by atoms with van der Waals surface area (Å²) in [5.74, 6) is -0.350. The molecule has 6 nitrogen and oxygen atoms in total. The topological polar surface area (TPSA) is 90.4 Å². The van der Waals surface area contributed by atoms with E-state index in [0.29, 0.717) is 0 Å². The molecule has 0 saturated heterocycles. The number of thiophene rings is 1. The van der Waals surface area contributed by atoms with Gasteiger partial charge in [-0.25, -0.2) is 4.79 Å². The van der Waals surface area contributed by atoms with Crippen LogP contribution >= 0.6 is 11.3 Å². The fraction of sp³-hybridized carbons (Fsp3) is 0.385. The Hall–Kier alpha value is -1.86. The third-order valence-electron chi connectivity index (χ3n) is 3.39. The highest BCUT2D eigenvalue weighted by Crippen LogP contribution is 2.25. The smallest absolute Gasteiger partial charge is 0.328 e. The number of quaternary nitrogens is 1. The lowest BCUT2D eigenvalue weighted by Crippen LogP contribution is -3.12. The summed E-state index contributed by atoms with van der Waals surface area (Å²) in [6.45, 7) is 5.65. The maximum atomic E-state index is 12.1. The molecule has 0 bridgehead atoms. The molecule has 108 valence electrons. The number of nitrogens with one attached hydrogen (secondary N) is 3. The standard InChI is InChI=1S/C13H17N3O3S/c1-3-16(4-2)10(8-6-5-7-20-8)9-11(17)14-13(19)15-12(9)18/h5-7,10H,3-4H2,1-2H3,(H3,14,15,17,18,19)/p+1. The number of aromatic nitrogens is 2. The molecule has 0 spiro atoms. The zero-order valence-electron chi connectivity index (χ0n) is 11.4. The van der Waals surface area contributed by atoms with Gasteiger partial charge in [0.15, 0.2) is 6.04 Å². The molecule has 1 unspecified atom stereocenters. The molecule has 0 saturated carbocycles.